The van der Waals surface area contributed by atoms with Gasteiger partial charge in [-0.1, -0.05) is 121 Å². The third kappa shape index (κ3) is 3.63. The van der Waals surface area contributed by atoms with E-state index in [2.05, 4.69) is 6.08 Å². The summed E-state index contributed by atoms with van der Waals surface area (Å²) in [5, 5.41) is 2.52. The number of hydrogen-bond acceptors (Lipinski definition) is 1. The largest absolute Gasteiger partial charge is 0.309 e. The van der Waals surface area contributed by atoms with Crippen LogP contribution in [0.4, 0.5) is 0 Å². The predicted molar refractivity (Wildman–Crippen MR) is 121 cm³/mol. The molecule has 0 atom stereocenters. The Kier molecular flexibility index (Phi) is 5.37. The second-order valence-corrected chi connectivity index (χ2v) is 9.32. The molecule has 0 spiro atoms. The molecule has 1 nitrogen and oxygen atoms in total. The maximum Gasteiger partial charge on any atom is 0.171 e. The topological polar surface area (TPSA) is 17.1 Å². The molecule has 0 heterocycles. The molecule has 0 saturated carbocycles. The summed E-state index contributed by atoms with van der Waals surface area (Å²) in [5.41, 5.74) is 2.01. The van der Waals surface area contributed by atoms with Gasteiger partial charge in [-0.25, -0.2) is 0 Å². The fourth-order valence-corrected chi connectivity index (χ4v) is 6.26. The SMILES string of the molecule is O=P(/C(=C\c1ccccc1)c1ccccc1)(c1ccccc1)c1ccccc1. The highest BCUT2D eigenvalue weighted by atomic mass is 31.2. The van der Waals surface area contributed by atoms with Gasteiger partial charge in [-0.2, -0.15) is 0 Å². The molecule has 2 heteroatoms. The highest BCUT2D eigenvalue weighted by Gasteiger charge is 2.32. The molecule has 0 N–H and O–H groups in total. The molecular formula is C26H21OP. The van der Waals surface area contributed by atoms with Gasteiger partial charge in [0.25, 0.3) is 0 Å². The monoisotopic (exact) mass is 380 g/mol. The molecule has 0 saturated heterocycles. The van der Waals surface area contributed by atoms with Crippen LogP contribution in [0.2, 0.25) is 0 Å². The average Bonchev–Trinajstić information content (AvgIpc) is 2.79. The van der Waals surface area contributed by atoms with E-state index in [0.717, 1.165) is 27.1 Å². The van der Waals surface area contributed by atoms with Crippen LogP contribution in [-0.4, -0.2) is 0 Å². The molecule has 0 amide bonds. The van der Waals surface area contributed by atoms with E-state index in [1.54, 1.807) is 0 Å². The van der Waals surface area contributed by atoms with Crippen molar-refractivity contribution in [3.8, 4) is 0 Å². The summed E-state index contributed by atoms with van der Waals surface area (Å²) in [6, 6.07) is 39.7. The number of hydrogen-bond donors (Lipinski definition) is 0. The van der Waals surface area contributed by atoms with Gasteiger partial charge in [-0.3, -0.25) is 0 Å². The quantitative estimate of drug-likeness (QED) is 0.298. The highest BCUT2D eigenvalue weighted by Crippen LogP contribution is 2.57. The van der Waals surface area contributed by atoms with E-state index >= 15 is 0 Å². The standard InChI is InChI=1S/C26H21OP/c27-28(24-17-9-3-10-18-24,25-19-11-4-12-20-25)26(23-15-7-2-8-16-23)21-22-13-5-1-6-14-22/h1-21H/b26-21-. The van der Waals surface area contributed by atoms with Gasteiger partial charge in [-0.15, -0.1) is 0 Å². The lowest BCUT2D eigenvalue weighted by Gasteiger charge is -2.23. The van der Waals surface area contributed by atoms with Crippen molar-refractivity contribution in [1.82, 2.24) is 0 Å². The third-order valence-corrected chi connectivity index (χ3v) is 7.87. The second kappa shape index (κ2) is 8.25. The summed E-state index contributed by atoms with van der Waals surface area (Å²) in [5.74, 6) is 0. The fraction of sp³-hybridized carbons (Fsp3) is 0. The molecule has 136 valence electrons. The molecule has 0 fully saturated rings. The Morgan fingerprint density at radius 2 is 0.929 bits per heavy atom. The first kappa shape index (κ1) is 18.2. The van der Waals surface area contributed by atoms with Crippen molar-refractivity contribution in [3.63, 3.8) is 0 Å². The second-order valence-electron chi connectivity index (χ2n) is 6.59. The molecule has 28 heavy (non-hydrogen) atoms. The minimum absolute atomic E-state index is 0.840. The number of rotatable bonds is 5. The normalized spacial score (nSPS) is 11.9. The van der Waals surface area contributed by atoms with Gasteiger partial charge in [0.05, 0.1) is 0 Å². The first-order chi connectivity index (χ1) is 13.8. The lowest BCUT2D eigenvalue weighted by Crippen LogP contribution is -2.17. The van der Waals surface area contributed by atoms with Crippen LogP contribution < -0.4 is 10.6 Å². The van der Waals surface area contributed by atoms with Crippen LogP contribution in [0, 0.1) is 0 Å². The summed E-state index contributed by atoms with van der Waals surface area (Å²) in [7, 11) is -3.06. The Bertz CT molecular complexity index is 1060. The van der Waals surface area contributed by atoms with Crippen molar-refractivity contribution in [1.29, 1.82) is 0 Å². The van der Waals surface area contributed by atoms with E-state index in [-0.39, 0.29) is 0 Å². The third-order valence-electron chi connectivity index (χ3n) is 4.75. The average molecular weight is 380 g/mol. The van der Waals surface area contributed by atoms with Crippen molar-refractivity contribution in [3.05, 3.63) is 132 Å². The lowest BCUT2D eigenvalue weighted by atomic mass is 10.1. The van der Waals surface area contributed by atoms with Gasteiger partial charge in [0.1, 0.15) is 0 Å². The van der Waals surface area contributed by atoms with Crippen LogP contribution in [0.15, 0.2) is 121 Å². The lowest BCUT2D eigenvalue weighted by molar-refractivity contribution is 0.593. The Balaban J connectivity index is 2.03. The Morgan fingerprint density at radius 3 is 1.39 bits per heavy atom. The zero-order chi connectivity index (χ0) is 19.2. The van der Waals surface area contributed by atoms with Crippen LogP contribution in [0.1, 0.15) is 11.1 Å². The summed E-state index contributed by atoms with van der Waals surface area (Å²) in [6.45, 7) is 0. The van der Waals surface area contributed by atoms with Crippen LogP contribution in [0.5, 0.6) is 0 Å². The van der Waals surface area contributed by atoms with Gasteiger partial charge < -0.3 is 4.57 Å². The van der Waals surface area contributed by atoms with Gasteiger partial charge in [0.2, 0.25) is 0 Å². The van der Waals surface area contributed by atoms with Crippen molar-refractivity contribution in [2.75, 3.05) is 0 Å². The Morgan fingerprint density at radius 1 is 0.536 bits per heavy atom. The maximum atomic E-state index is 14.9. The molecule has 0 radical (unpaired) electrons. The van der Waals surface area contributed by atoms with E-state index in [0.29, 0.717) is 0 Å². The molecule has 0 aliphatic rings. The smallest absolute Gasteiger partial charge is 0.171 e. The first-order valence-electron chi connectivity index (χ1n) is 9.32. The maximum absolute atomic E-state index is 14.9. The fourth-order valence-electron chi connectivity index (χ4n) is 3.38. The molecule has 4 rings (SSSR count). The van der Waals surface area contributed by atoms with E-state index < -0.39 is 7.14 Å². The molecule has 0 bridgehead atoms. The van der Waals surface area contributed by atoms with E-state index in [4.69, 9.17) is 0 Å². The van der Waals surface area contributed by atoms with Crippen molar-refractivity contribution in [2.24, 2.45) is 0 Å². The molecular weight excluding hydrogens is 359 g/mol. The summed E-state index contributed by atoms with van der Waals surface area (Å²) in [4.78, 5) is 0. The summed E-state index contributed by atoms with van der Waals surface area (Å²) < 4.78 is 14.9. The minimum atomic E-state index is -3.06. The van der Waals surface area contributed by atoms with E-state index in [1.807, 2.05) is 121 Å². The van der Waals surface area contributed by atoms with Gasteiger partial charge in [0, 0.05) is 15.9 Å². The molecule has 0 unspecified atom stereocenters. The van der Waals surface area contributed by atoms with Crippen LogP contribution in [-0.2, 0) is 4.57 Å². The number of benzene rings is 4. The zero-order valence-corrected chi connectivity index (χ0v) is 16.4. The Labute approximate surface area is 166 Å². The zero-order valence-electron chi connectivity index (χ0n) is 15.5. The molecule has 0 aliphatic heterocycles. The van der Waals surface area contributed by atoms with E-state index in [1.165, 1.54) is 0 Å². The molecule has 0 aromatic heterocycles. The molecule has 0 aliphatic carbocycles. The van der Waals surface area contributed by atoms with E-state index in [9.17, 15) is 4.57 Å². The molecule has 4 aromatic rings. The van der Waals surface area contributed by atoms with Gasteiger partial charge in [-0.05, 0) is 17.2 Å². The van der Waals surface area contributed by atoms with Gasteiger partial charge >= 0.3 is 0 Å². The van der Waals surface area contributed by atoms with Crippen LogP contribution in [0.3, 0.4) is 0 Å². The van der Waals surface area contributed by atoms with Crippen molar-refractivity contribution >= 4 is 29.1 Å². The summed E-state index contributed by atoms with van der Waals surface area (Å²) >= 11 is 0. The van der Waals surface area contributed by atoms with Crippen molar-refractivity contribution in [2.45, 2.75) is 0 Å². The Hall–Kier alpha value is -3.15. The van der Waals surface area contributed by atoms with Crippen molar-refractivity contribution < 1.29 is 4.57 Å². The first-order valence-corrected chi connectivity index (χ1v) is 11.0. The van der Waals surface area contributed by atoms with Crippen LogP contribution in [0.25, 0.3) is 11.4 Å². The summed E-state index contributed by atoms with van der Waals surface area (Å²) in [6.07, 6.45) is 2.07. The minimum Gasteiger partial charge on any atom is -0.309 e. The highest BCUT2D eigenvalue weighted by molar-refractivity contribution is 7.87. The van der Waals surface area contributed by atoms with Crippen LogP contribution >= 0.6 is 7.14 Å². The predicted octanol–water partition coefficient (Wildman–Crippen LogP) is 6.20. The molecule has 4 aromatic carbocycles. The van der Waals surface area contributed by atoms with Gasteiger partial charge in [0.15, 0.2) is 7.14 Å².